The molecular formula is C28H34N8O2. The second-order valence-corrected chi connectivity index (χ2v) is 10.8. The molecule has 1 fully saturated rings. The third-order valence-electron chi connectivity index (χ3n) is 6.64. The van der Waals surface area contributed by atoms with Crippen molar-refractivity contribution in [3.63, 3.8) is 0 Å². The van der Waals surface area contributed by atoms with Gasteiger partial charge in [0.25, 0.3) is 0 Å². The first-order valence-electron chi connectivity index (χ1n) is 13.1. The molecule has 0 radical (unpaired) electrons. The Morgan fingerprint density at radius 3 is 2.63 bits per heavy atom. The van der Waals surface area contributed by atoms with Gasteiger partial charge in [0.05, 0.1) is 24.7 Å². The number of nitrogens with one attached hydrogen (secondary N) is 1. The number of carbonyl (C=O) groups excluding carboxylic acids is 1. The van der Waals surface area contributed by atoms with E-state index in [0.717, 1.165) is 47.1 Å². The van der Waals surface area contributed by atoms with Crippen molar-refractivity contribution in [2.24, 2.45) is 0 Å². The van der Waals surface area contributed by atoms with Crippen LogP contribution in [-0.4, -0.2) is 55.2 Å². The van der Waals surface area contributed by atoms with E-state index in [1.54, 1.807) is 11.1 Å². The van der Waals surface area contributed by atoms with E-state index in [1.807, 2.05) is 62.7 Å². The molecule has 1 aromatic carbocycles. The van der Waals surface area contributed by atoms with Crippen LogP contribution in [0.3, 0.4) is 0 Å². The zero-order chi connectivity index (χ0) is 26.9. The Hall–Kier alpha value is -4.13. The van der Waals surface area contributed by atoms with E-state index in [2.05, 4.69) is 21.3 Å². The van der Waals surface area contributed by atoms with Crippen molar-refractivity contribution in [1.29, 1.82) is 5.26 Å². The molecule has 198 valence electrons. The second-order valence-electron chi connectivity index (χ2n) is 10.8. The van der Waals surface area contributed by atoms with Gasteiger partial charge in [0, 0.05) is 54.9 Å². The summed E-state index contributed by atoms with van der Waals surface area (Å²) >= 11 is 0. The molecule has 1 aliphatic heterocycles. The summed E-state index contributed by atoms with van der Waals surface area (Å²) in [5.74, 6) is 2.24. The van der Waals surface area contributed by atoms with Gasteiger partial charge in [-0.3, -0.25) is 0 Å². The molecule has 10 nitrogen and oxygen atoms in total. The first-order chi connectivity index (χ1) is 18.2. The molecule has 2 aromatic heterocycles. The van der Waals surface area contributed by atoms with Crippen molar-refractivity contribution in [1.82, 2.24) is 24.4 Å². The Morgan fingerprint density at radius 2 is 2.00 bits per heavy atom. The van der Waals surface area contributed by atoms with Crippen LogP contribution in [0.2, 0.25) is 0 Å². The number of amides is 1. The Kier molecular flexibility index (Phi) is 6.93. The highest BCUT2D eigenvalue weighted by Gasteiger charge is 2.35. The molecule has 0 bridgehead atoms. The molecule has 1 aliphatic carbocycles. The maximum absolute atomic E-state index is 12.9. The lowest BCUT2D eigenvalue weighted by molar-refractivity contribution is 0.0223. The molecule has 1 amide bonds. The van der Waals surface area contributed by atoms with Crippen LogP contribution in [0, 0.1) is 18.3 Å². The molecule has 1 saturated carbocycles. The van der Waals surface area contributed by atoms with Crippen molar-refractivity contribution in [2.75, 3.05) is 23.3 Å². The average Bonchev–Trinajstić information content (AvgIpc) is 3.63. The van der Waals surface area contributed by atoms with Gasteiger partial charge in [0.15, 0.2) is 0 Å². The molecule has 2 aliphatic rings. The fourth-order valence-corrected chi connectivity index (χ4v) is 4.68. The number of anilines is 3. The van der Waals surface area contributed by atoms with Crippen LogP contribution < -0.4 is 10.2 Å². The number of aryl methyl sites for hydroxylation is 1. The fourth-order valence-electron chi connectivity index (χ4n) is 4.68. The van der Waals surface area contributed by atoms with E-state index in [0.29, 0.717) is 44.5 Å². The van der Waals surface area contributed by atoms with Crippen LogP contribution >= 0.6 is 0 Å². The number of imidazole rings is 1. The van der Waals surface area contributed by atoms with Crippen LogP contribution in [0.25, 0.3) is 5.69 Å². The normalized spacial score (nSPS) is 15.0. The van der Waals surface area contributed by atoms with Gasteiger partial charge >= 0.3 is 6.09 Å². The number of benzene rings is 1. The molecule has 0 unspecified atom stereocenters. The summed E-state index contributed by atoms with van der Waals surface area (Å²) in [5, 5.41) is 12.7. The smallest absolute Gasteiger partial charge is 0.410 e. The van der Waals surface area contributed by atoms with Crippen molar-refractivity contribution < 1.29 is 9.53 Å². The molecule has 0 spiro atoms. The van der Waals surface area contributed by atoms with Gasteiger partial charge in [0.2, 0.25) is 5.95 Å². The molecule has 5 rings (SSSR count). The summed E-state index contributed by atoms with van der Waals surface area (Å²) in [6, 6.07) is 10.7. The van der Waals surface area contributed by atoms with Gasteiger partial charge in [-0.2, -0.15) is 10.2 Å². The van der Waals surface area contributed by atoms with Crippen molar-refractivity contribution in [3.8, 4) is 11.8 Å². The van der Waals surface area contributed by atoms with E-state index in [-0.39, 0.29) is 6.09 Å². The highest BCUT2D eigenvalue weighted by molar-refractivity contribution is 5.70. The molecular weight excluding hydrogens is 480 g/mol. The topological polar surface area (TPSA) is 112 Å². The van der Waals surface area contributed by atoms with Crippen molar-refractivity contribution in [2.45, 2.75) is 71.6 Å². The lowest BCUT2D eigenvalue weighted by Crippen LogP contribution is -2.41. The van der Waals surface area contributed by atoms with E-state index >= 15 is 0 Å². The molecule has 38 heavy (non-hydrogen) atoms. The van der Waals surface area contributed by atoms with Crippen LogP contribution in [0.5, 0.6) is 0 Å². The molecule has 3 heterocycles. The third kappa shape index (κ3) is 5.72. The molecule has 0 saturated heterocycles. The van der Waals surface area contributed by atoms with E-state index in [9.17, 15) is 10.1 Å². The summed E-state index contributed by atoms with van der Waals surface area (Å²) in [5.41, 5.74) is 3.19. The predicted molar refractivity (Wildman–Crippen MR) is 145 cm³/mol. The average molecular weight is 515 g/mol. The van der Waals surface area contributed by atoms with Crippen LogP contribution in [0.4, 0.5) is 22.2 Å². The lowest BCUT2D eigenvalue weighted by atomic mass is 10.1. The van der Waals surface area contributed by atoms with Crippen molar-refractivity contribution >= 4 is 23.5 Å². The highest BCUT2D eigenvalue weighted by atomic mass is 16.6. The monoisotopic (exact) mass is 514 g/mol. The second kappa shape index (κ2) is 10.3. The largest absolute Gasteiger partial charge is 0.444 e. The summed E-state index contributed by atoms with van der Waals surface area (Å²) in [7, 11) is 0. The van der Waals surface area contributed by atoms with Gasteiger partial charge in [-0.05, 0) is 64.8 Å². The zero-order valence-electron chi connectivity index (χ0n) is 22.4. The maximum atomic E-state index is 12.9. The number of aromatic nitrogens is 4. The summed E-state index contributed by atoms with van der Waals surface area (Å²) < 4.78 is 7.66. The number of fused-ring (bicyclic) bond motifs is 1. The lowest BCUT2D eigenvalue weighted by Gasteiger charge is -2.34. The van der Waals surface area contributed by atoms with E-state index in [1.165, 1.54) is 0 Å². The molecule has 3 aromatic rings. The Bertz CT molecular complexity index is 1350. The molecule has 1 N–H and O–H groups in total. The van der Waals surface area contributed by atoms with Gasteiger partial charge in [-0.1, -0.05) is 0 Å². The Labute approximate surface area is 223 Å². The van der Waals surface area contributed by atoms with E-state index in [4.69, 9.17) is 14.7 Å². The minimum atomic E-state index is -0.566. The van der Waals surface area contributed by atoms with Gasteiger partial charge in [-0.15, -0.1) is 0 Å². The molecule has 0 atom stereocenters. The highest BCUT2D eigenvalue weighted by Crippen LogP contribution is 2.36. The quantitative estimate of drug-likeness (QED) is 0.474. The minimum absolute atomic E-state index is 0.334. The summed E-state index contributed by atoms with van der Waals surface area (Å²) in [6.07, 6.45) is 6.53. The number of nitriles is 1. The molecule has 10 heteroatoms. The van der Waals surface area contributed by atoms with E-state index < -0.39 is 5.60 Å². The number of hydrogen-bond acceptors (Lipinski definition) is 8. The number of hydrogen-bond donors (Lipinski definition) is 1. The van der Waals surface area contributed by atoms with Crippen LogP contribution in [0.15, 0.2) is 36.7 Å². The van der Waals surface area contributed by atoms with Crippen LogP contribution in [0.1, 0.15) is 57.1 Å². The number of rotatable bonds is 7. The van der Waals surface area contributed by atoms with Gasteiger partial charge in [-0.25, -0.2) is 14.8 Å². The standard InChI is InChI=1S/C28H34N8O2/c1-19-30-14-17-35(19)21-8-6-20(7-9-21)31-26-32-24-12-16-34(27(37)38-28(2,3)4)18-23(24)25(33-26)36(15-5-13-29)22-10-11-22/h6-9,14,17,22H,5,10-12,15-16,18H2,1-4H3,(H,31,32,33). The summed E-state index contributed by atoms with van der Waals surface area (Å²) in [6.45, 7) is 9.08. The maximum Gasteiger partial charge on any atom is 0.410 e. The van der Waals surface area contributed by atoms with Crippen LogP contribution in [-0.2, 0) is 17.7 Å². The first-order valence-corrected chi connectivity index (χ1v) is 13.1. The SMILES string of the molecule is Cc1nccn1-c1ccc(Nc2nc3c(c(N(CCC#N)C4CC4)n2)CN(C(=O)OC(C)(C)C)CC3)cc1. The Balaban J connectivity index is 1.44. The number of ether oxygens (including phenoxy) is 1. The minimum Gasteiger partial charge on any atom is -0.444 e. The third-order valence-corrected chi connectivity index (χ3v) is 6.64. The summed E-state index contributed by atoms with van der Waals surface area (Å²) in [4.78, 5) is 30.9. The van der Waals surface area contributed by atoms with Gasteiger partial charge in [0.1, 0.15) is 17.2 Å². The predicted octanol–water partition coefficient (Wildman–Crippen LogP) is 4.89. The fraction of sp³-hybridized carbons (Fsp3) is 0.464. The zero-order valence-corrected chi connectivity index (χ0v) is 22.4. The van der Waals surface area contributed by atoms with Gasteiger partial charge < -0.3 is 24.4 Å². The number of nitrogens with zero attached hydrogens (tertiary/aromatic N) is 7. The Morgan fingerprint density at radius 1 is 1.24 bits per heavy atom. The van der Waals surface area contributed by atoms with Crippen molar-refractivity contribution in [3.05, 3.63) is 53.7 Å². The number of carbonyl (C=O) groups is 1. The first kappa shape index (κ1) is 25.5.